The monoisotopic (exact) mass is 585 g/mol. The molecule has 3 N–H and O–H groups in total. The lowest BCUT2D eigenvalue weighted by Crippen LogP contribution is -2.37. The van der Waals surface area contributed by atoms with Gasteiger partial charge >= 0.3 is 12.1 Å². The van der Waals surface area contributed by atoms with Crippen LogP contribution in [0.3, 0.4) is 0 Å². The van der Waals surface area contributed by atoms with Gasteiger partial charge in [-0.3, -0.25) is 4.79 Å². The van der Waals surface area contributed by atoms with Gasteiger partial charge in [-0.15, -0.1) is 11.3 Å². The van der Waals surface area contributed by atoms with Gasteiger partial charge in [-0.25, -0.2) is 24.7 Å². The smallest absolute Gasteiger partial charge is 0.407 e. The summed E-state index contributed by atoms with van der Waals surface area (Å²) in [5.41, 5.74) is 6.44. The number of carbonyl (C=O) groups excluding carboxylic acids is 2. The fraction of sp³-hybridized carbons (Fsp3) is 0.571. The Kier molecular flexibility index (Phi) is 10.6. The van der Waals surface area contributed by atoms with Crippen molar-refractivity contribution in [2.24, 2.45) is 0 Å². The minimum atomic E-state index is -0.731. The van der Waals surface area contributed by atoms with Gasteiger partial charge in [0.2, 0.25) is 5.95 Å². The topological polar surface area (TPSA) is 155 Å². The second kappa shape index (κ2) is 14.4. The number of morpholine rings is 1. The summed E-state index contributed by atoms with van der Waals surface area (Å²) in [5, 5.41) is 2.84. The number of carbonyl (C=O) groups is 2. The van der Waals surface area contributed by atoms with Crippen LogP contribution in [-0.4, -0.2) is 77.1 Å². The van der Waals surface area contributed by atoms with E-state index in [1.807, 2.05) is 19.9 Å². The zero-order chi connectivity index (χ0) is 29.2. The highest BCUT2D eigenvalue weighted by molar-refractivity contribution is 7.19. The number of anilines is 2. The molecule has 1 amide bonds. The Morgan fingerprint density at radius 2 is 1.85 bits per heavy atom. The molecule has 13 heteroatoms. The van der Waals surface area contributed by atoms with Crippen molar-refractivity contribution in [3.05, 3.63) is 23.3 Å². The van der Waals surface area contributed by atoms with Gasteiger partial charge in [0.25, 0.3) is 0 Å². The Morgan fingerprint density at radius 1 is 1.12 bits per heavy atom. The number of amides is 1. The average molecular weight is 586 g/mol. The Bertz CT molecular complexity index is 1310. The normalized spacial score (nSPS) is 13.8. The number of nitrogens with one attached hydrogen (secondary N) is 1. The van der Waals surface area contributed by atoms with E-state index < -0.39 is 11.7 Å². The SMILES string of the molecule is CCOC(=O)CCCCCCNC(=O)OC(C)(C)Cc1cc2nc(-c3cnc(N)nc3)nc(N3CCOCC3)c2s1. The number of ether oxygens (including phenoxy) is 3. The highest BCUT2D eigenvalue weighted by atomic mass is 32.1. The zero-order valence-corrected chi connectivity index (χ0v) is 24.8. The molecule has 4 heterocycles. The van der Waals surface area contributed by atoms with Crippen LogP contribution in [0.4, 0.5) is 16.6 Å². The van der Waals surface area contributed by atoms with Crippen LogP contribution < -0.4 is 16.0 Å². The van der Waals surface area contributed by atoms with Crippen LogP contribution in [0.2, 0.25) is 0 Å². The van der Waals surface area contributed by atoms with Crippen LogP contribution in [0.5, 0.6) is 0 Å². The molecule has 12 nitrogen and oxygen atoms in total. The van der Waals surface area contributed by atoms with Crippen LogP contribution >= 0.6 is 11.3 Å². The van der Waals surface area contributed by atoms with Gasteiger partial charge in [-0.2, -0.15) is 0 Å². The number of alkyl carbamates (subject to hydrolysis) is 1. The van der Waals surface area contributed by atoms with Gasteiger partial charge in [0.15, 0.2) is 11.6 Å². The predicted octanol–water partition coefficient (Wildman–Crippen LogP) is 4.13. The van der Waals surface area contributed by atoms with Gasteiger partial charge in [0.1, 0.15) is 5.60 Å². The van der Waals surface area contributed by atoms with Crippen molar-refractivity contribution in [1.29, 1.82) is 0 Å². The molecule has 3 aromatic rings. The standard InChI is InChI=1S/C28H39N7O5S/c1-4-39-22(36)9-7-5-6-8-10-30-27(37)40-28(2,3)16-20-15-21-23(41-20)25(35-11-13-38-14-12-35)34-24(33-21)19-17-31-26(29)32-18-19/h15,17-18H,4-14,16H2,1-3H3,(H,30,37)(H2,29,31,32). The van der Waals surface area contributed by atoms with Gasteiger partial charge in [0.05, 0.1) is 35.6 Å². The first-order chi connectivity index (χ1) is 19.7. The zero-order valence-electron chi connectivity index (χ0n) is 24.0. The molecule has 0 saturated carbocycles. The molecule has 1 aliphatic heterocycles. The number of nitrogens with zero attached hydrogens (tertiary/aromatic N) is 5. The number of aromatic nitrogens is 4. The molecular formula is C28H39N7O5S. The molecule has 0 atom stereocenters. The summed E-state index contributed by atoms with van der Waals surface area (Å²) in [6.07, 6.45) is 7.21. The van der Waals surface area contributed by atoms with Crippen molar-refractivity contribution in [3.8, 4) is 11.4 Å². The molecule has 0 bridgehead atoms. The van der Waals surface area contributed by atoms with Crippen molar-refractivity contribution < 1.29 is 23.8 Å². The second-order valence-corrected chi connectivity index (χ2v) is 11.6. The third-order valence-corrected chi connectivity index (χ3v) is 7.62. The summed E-state index contributed by atoms with van der Waals surface area (Å²) < 4.78 is 17.2. The quantitative estimate of drug-likeness (QED) is 0.220. The maximum atomic E-state index is 12.5. The fourth-order valence-electron chi connectivity index (χ4n) is 4.54. The third kappa shape index (κ3) is 8.95. The predicted molar refractivity (Wildman–Crippen MR) is 158 cm³/mol. The molecule has 1 aliphatic rings. The van der Waals surface area contributed by atoms with E-state index in [2.05, 4.69) is 20.2 Å². The lowest BCUT2D eigenvalue weighted by Gasteiger charge is -2.28. The number of nitrogen functional groups attached to an aromatic ring is 1. The van der Waals surface area contributed by atoms with Crippen LogP contribution in [0.15, 0.2) is 18.5 Å². The van der Waals surface area contributed by atoms with Crippen LogP contribution in [0, 0.1) is 0 Å². The van der Waals surface area contributed by atoms with Crippen molar-refractivity contribution in [1.82, 2.24) is 25.3 Å². The van der Waals surface area contributed by atoms with E-state index in [0.29, 0.717) is 50.6 Å². The minimum Gasteiger partial charge on any atom is -0.466 e. The van der Waals surface area contributed by atoms with Crippen LogP contribution in [0.1, 0.15) is 57.8 Å². The molecule has 0 unspecified atom stereocenters. The van der Waals surface area contributed by atoms with Gasteiger partial charge in [-0.1, -0.05) is 12.8 Å². The number of thiophene rings is 1. The van der Waals surface area contributed by atoms with Crippen molar-refractivity contribution >= 4 is 45.4 Å². The molecule has 0 aromatic carbocycles. The van der Waals surface area contributed by atoms with Crippen molar-refractivity contribution in [3.63, 3.8) is 0 Å². The molecule has 1 fully saturated rings. The number of rotatable bonds is 13. The van der Waals surface area contributed by atoms with Gasteiger partial charge < -0.3 is 30.2 Å². The highest BCUT2D eigenvalue weighted by Gasteiger charge is 2.26. The van der Waals surface area contributed by atoms with Crippen LogP contribution in [0.25, 0.3) is 21.6 Å². The Hall–Kier alpha value is -3.58. The minimum absolute atomic E-state index is 0.156. The summed E-state index contributed by atoms with van der Waals surface area (Å²) in [6, 6.07) is 2.03. The lowest BCUT2D eigenvalue weighted by molar-refractivity contribution is -0.143. The van der Waals surface area contributed by atoms with E-state index in [1.165, 1.54) is 0 Å². The summed E-state index contributed by atoms with van der Waals surface area (Å²) in [5.74, 6) is 1.41. The molecule has 4 rings (SSSR count). The molecule has 41 heavy (non-hydrogen) atoms. The van der Waals surface area contributed by atoms with Gasteiger partial charge in [0, 0.05) is 49.7 Å². The number of esters is 1. The van der Waals surface area contributed by atoms with E-state index in [1.54, 1.807) is 30.7 Å². The Labute approximate surface area is 244 Å². The van der Waals surface area contributed by atoms with Crippen LogP contribution in [-0.2, 0) is 25.4 Å². The summed E-state index contributed by atoms with van der Waals surface area (Å²) >= 11 is 1.61. The highest BCUT2D eigenvalue weighted by Crippen LogP contribution is 2.36. The first-order valence-electron chi connectivity index (χ1n) is 14.1. The summed E-state index contributed by atoms with van der Waals surface area (Å²) in [6.45, 7) is 9.27. The molecule has 3 aromatic heterocycles. The van der Waals surface area contributed by atoms with Gasteiger partial charge in [-0.05, 0) is 39.7 Å². The first-order valence-corrected chi connectivity index (χ1v) is 14.9. The van der Waals surface area contributed by atoms with E-state index in [9.17, 15) is 9.59 Å². The number of fused-ring (bicyclic) bond motifs is 1. The average Bonchev–Trinajstić information content (AvgIpc) is 3.34. The largest absolute Gasteiger partial charge is 0.466 e. The Balaban J connectivity index is 1.37. The van der Waals surface area contributed by atoms with E-state index in [4.69, 9.17) is 29.9 Å². The summed E-state index contributed by atoms with van der Waals surface area (Å²) in [7, 11) is 0. The molecule has 0 radical (unpaired) electrons. The fourth-order valence-corrected chi connectivity index (χ4v) is 5.87. The third-order valence-electron chi connectivity index (χ3n) is 6.50. The molecule has 1 saturated heterocycles. The second-order valence-electron chi connectivity index (χ2n) is 10.4. The molecule has 0 aliphatic carbocycles. The lowest BCUT2D eigenvalue weighted by atomic mass is 10.0. The summed E-state index contributed by atoms with van der Waals surface area (Å²) in [4.78, 5) is 45.0. The number of unbranched alkanes of at least 4 members (excludes halogenated alkanes) is 3. The van der Waals surface area contributed by atoms with E-state index in [-0.39, 0.29) is 11.9 Å². The van der Waals surface area contributed by atoms with E-state index in [0.717, 1.165) is 59.7 Å². The van der Waals surface area contributed by atoms with Crippen molar-refractivity contribution in [2.75, 3.05) is 50.1 Å². The first kappa shape index (κ1) is 30.4. The number of hydrogen-bond donors (Lipinski definition) is 2. The molecule has 222 valence electrons. The molecular weight excluding hydrogens is 546 g/mol. The van der Waals surface area contributed by atoms with E-state index >= 15 is 0 Å². The number of hydrogen-bond acceptors (Lipinski definition) is 12. The molecule has 0 spiro atoms. The van der Waals surface area contributed by atoms with Crippen molar-refractivity contribution in [2.45, 2.75) is 64.9 Å². The number of nitrogens with two attached hydrogens (primary N) is 1. The maximum Gasteiger partial charge on any atom is 0.407 e. The maximum absolute atomic E-state index is 12.5. The Morgan fingerprint density at radius 3 is 2.59 bits per heavy atom.